The molecule has 17 heteroatoms. The van der Waals surface area contributed by atoms with E-state index in [1.165, 1.54) is 12.7 Å². The molecule has 2 heterocycles. The summed E-state index contributed by atoms with van der Waals surface area (Å²) in [7, 11) is 3.10. The van der Waals surface area contributed by atoms with Crippen molar-refractivity contribution in [1.82, 2.24) is 30.6 Å². The van der Waals surface area contributed by atoms with Crippen LogP contribution in [0.15, 0.2) is 25.0 Å². The maximum Gasteiger partial charge on any atom is 2.00 e. The van der Waals surface area contributed by atoms with Crippen molar-refractivity contribution >= 4 is 23.9 Å². The minimum atomic E-state index is -1.07. The molecule has 2 aromatic rings. The molecule has 0 bridgehead atoms. The van der Waals surface area contributed by atoms with E-state index in [4.69, 9.17) is 21.7 Å². The summed E-state index contributed by atoms with van der Waals surface area (Å²) in [5.41, 5.74) is 11.8. The number of carbonyl (C=O) groups is 4. The number of nitrogens with two attached hydrogens (primary N) is 2. The summed E-state index contributed by atoms with van der Waals surface area (Å²) in [5.74, 6) is -4.16. The SMILES string of the molecule is CNCC(=O)[O-].CNCC(=O)[O-].N[C@@H](Cc1c[nH]cn1)C(=O)O.N[C@@H](Cc1c[nH]cn1)C(=O)O.[Cu+2]. The third-order valence-corrected chi connectivity index (χ3v) is 3.24. The van der Waals surface area contributed by atoms with Crippen molar-refractivity contribution < 1.29 is 56.7 Å². The van der Waals surface area contributed by atoms with E-state index >= 15 is 0 Å². The molecule has 16 nitrogen and oxygen atoms in total. The molecule has 0 spiro atoms. The molecule has 2 rings (SSSR count). The fourth-order valence-electron chi connectivity index (χ4n) is 1.72. The zero-order valence-corrected chi connectivity index (χ0v) is 19.9. The van der Waals surface area contributed by atoms with Crippen LogP contribution in [-0.2, 0) is 49.1 Å². The molecule has 2 aromatic heterocycles. The summed E-state index contributed by atoms with van der Waals surface area (Å²) in [6.45, 7) is -0.139. The molecular weight excluding hydrogens is 520 g/mol. The predicted octanol–water partition coefficient (Wildman–Crippen LogP) is -5.36. The maximum absolute atomic E-state index is 10.3. The van der Waals surface area contributed by atoms with Crippen molar-refractivity contribution in [1.29, 1.82) is 0 Å². The number of nitrogens with zero attached hydrogens (tertiary/aromatic N) is 2. The summed E-state index contributed by atoms with van der Waals surface area (Å²) in [4.78, 5) is 52.5. The Bertz CT molecular complexity index is 752. The van der Waals surface area contributed by atoms with Crippen LogP contribution >= 0.6 is 0 Å². The molecule has 0 aromatic carbocycles. The second-order valence-corrected chi connectivity index (χ2v) is 6.22. The van der Waals surface area contributed by atoms with Crippen LogP contribution in [0.1, 0.15) is 11.4 Å². The Morgan fingerprint density at radius 1 is 0.857 bits per heavy atom. The van der Waals surface area contributed by atoms with E-state index < -0.39 is 36.0 Å². The van der Waals surface area contributed by atoms with Crippen LogP contribution < -0.4 is 32.3 Å². The van der Waals surface area contributed by atoms with Crippen molar-refractivity contribution in [2.75, 3.05) is 27.2 Å². The molecule has 1 radical (unpaired) electrons. The van der Waals surface area contributed by atoms with Gasteiger partial charge in [0.05, 0.1) is 36.0 Å². The molecule has 0 amide bonds. The maximum atomic E-state index is 10.3. The number of aromatic nitrogens is 4. The Labute approximate surface area is 211 Å². The third kappa shape index (κ3) is 23.6. The summed E-state index contributed by atoms with van der Waals surface area (Å²) < 4.78 is 0. The molecule has 0 aliphatic heterocycles. The number of rotatable bonds is 10. The quantitative estimate of drug-likeness (QED) is 0.128. The number of carboxylic acids is 4. The van der Waals surface area contributed by atoms with Crippen LogP contribution in [0.25, 0.3) is 0 Å². The molecule has 0 saturated carbocycles. The monoisotopic (exact) mass is 549 g/mol. The topological polar surface area (TPSA) is 288 Å². The number of aromatic amines is 2. The smallest absolute Gasteiger partial charge is 0.549 e. The Morgan fingerprint density at radius 3 is 1.31 bits per heavy atom. The number of hydrogen-bond acceptors (Lipinski definition) is 12. The van der Waals surface area contributed by atoms with E-state index in [1.54, 1.807) is 26.5 Å². The van der Waals surface area contributed by atoms with Gasteiger partial charge in [-0.3, -0.25) is 9.59 Å². The van der Waals surface area contributed by atoms with E-state index in [1.807, 2.05) is 0 Å². The first-order valence-corrected chi connectivity index (χ1v) is 9.55. The van der Waals surface area contributed by atoms with Gasteiger partial charge in [-0.1, -0.05) is 0 Å². The van der Waals surface area contributed by atoms with Crippen molar-refractivity contribution in [3.8, 4) is 0 Å². The first-order valence-electron chi connectivity index (χ1n) is 9.55. The van der Waals surface area contributed by atoms with Gasteiger partial charge < -0.3 is 62.1 Å². The fraction of sp³-hybridized carbons (Fsp3) is 0.444. The number of imidazole rings is 2. The summed E-state index contributed by atoms with van der Waals surface area (Å²) in [6, 6.07) is -1.73. The van der Waals surface area contributed by atoms with Gasteiger partial charge in [0.1, 0.15) is 12.1 Å². The zero-order valence-electron chi connectivity index (χ0n) is 19.0. The van der Waals surface area contributed by atoms with Gasteiger partial charge in [-0.2, -0.15) is 0 Å². The molecule has 0 aliphatic rings. The minimum absolute atomic E-state index is 0. The molecule has 0 unspecified atom stereocenters. The largest absolute Gasteiger partial charge is 2.00 e. The second-order valence-electron chi connectivity index (χ2n) is 6.22. The van der Waals surface area contributed by atoms with E-state index in [9.17, 15) is 29.4 Å². The van der Waals surface area contributed by atoms with E-state index in [0.717, 1.165) is 0 Å². The van der Waals surface area contributed by atoms with Crippen molar-refractivity contribution in [2.45, 2.75) is 24.9 Å². The predicted molar refractivity (Wildman–Crippen MR) is 114 cm³/mol. The molecule has 0 saturated heterocycles. The van der Waals surface area contributed by atoms with Crippen LogP contribution in [0.3, 0.4) is 0 Å². The van der Waals surface area contributed by atoms with Gasteiger partial charge in [-0.15, -0.1) is 0 Å². The number of H-pyrrole nitrogens is 2. The molecule has 35 heavy (non-hydrogen) atoms. The number of nitrogens with one attached hydrogen (secondary N) is 4. The standard InChI is InChI=1S/2C6H9N3O2.2C3H7NO2.Cu/c2*7-5(6(10)11)1-4-2-8-3-9-4;2*1-4-2-3(5)6;/h2*2-3,5H,1,7H2,(H,8,9)(H,10,11);2*4H,2H2,1H3,(H,5,6);/q;;;;+2/p-2/t2*5-;;;/m00.../s1. The number of carbonyl (C=O) groups excluding carboxylic acids is 2. The Morgan fingerprint density at radius 2 is 1.17 bits per heavy atom. The van der Waals surface area contributed by atoms with Crippen LogP contribution in [-0.4, -0.2) is 93.3 Å². The fourth-order valence-corrected chi connectivity index (χ4v) is 1.72. The van der Waals surface area contributed by atoms with Gasteiger partial charge in [0, 0.05) is 38.3 Å². The average molecular weight is 550 g/mol. The molecule has 0 aliphatic carbocycles. The van der Waals surface area contributed by atoms with Crippen LogP contribution in [0.5, 0.6) is 0 Å². The molecule has 0 fully saturated rings. The first-order chi connectivity index (χ1) is 15.9. The van der Waals surface area contributed by atoms with E-state index in [-0.39, 0.29) is 43.0 Å². The molecule has 201 valence electrons. The van der Waals surface area contributed by atoms with Crippen LogP contribution in [0, 0.1) is 0 Å². The van der Waals surface area contributed by atoms with Crippen molar-refractivity contribution in [3.05, 3.63) is 36.4 Å². The van der Waals surface area contributed by atoms with Gasteiger partial charge in [0.2, 0.25) is 0 Å². The Kier molecular flexibility index (Phi) is 23.2. The summed E-state index contributed by atoms with van der Waals surface area (Å²) in [5, 5.41) is 40.5. The van der Waals surface area contributed by atoms with Crippen LogP contribution in [0.2, 0.25) is 0 Å². The van der Waals surface area contributed by atoms with Gasteiger partial charge in [0.15, 0.2) is 0 Å². The Balaban J connectivity index is -0.000000404. The third-order valence-electron chi connectivity index (χ3n) is 3.24. The van der Waals surface area contributed by atoms with Gasteiger partial charge in [-0.25, -0.2) is 9.97 Å². The molecule has 10 N–H and O–H groups in total. The number of aliphatic carboxylic acids is 4. The number of hydrogen-bond donors (Lipinski definition) is 8. The van der Waals surface area contributed by atoms with Crippen LogP contribution in [0.4, 0.5) is 0 Å². The van der Waals surface area contributed by atoms with E-state index in [0.29, 0.717) is 11.4 Å². The molecular formula is C18H30CuN8O8. The number of carboxylic acid groups (broad SMARTS) is 4. The number of likely N-dealkylation sites (N-methyl/N-ethyl adjacent to an activating group) is 2. The van der Waals surface area contributed by atoms with E-state index in [2.05, 4.69) is 30.6 Å². The molecule has 2 atom stereocenters. The average Bonchev–Trinajstić information content (AvgIpc) is 3.43. The summed E-state index contributed by atoms with van der Waals surface area (Å²) >= 11 is 0. The van der Waals surface area contributed by atoms with Gasteiger partial charge in [0.25, 0.3) is 0 Å². The van der Waals surface area contributed by atoms with Crippen molar-refractivity contribution in [3.63, 3.8) is 0 Å². The van der Waals surface area contributed by atoms with Gasteiger partial charge >= 0.3 is 29.0 Å². The normalized spacial score (nSPS) is 10.9. The van der Waals surface area contributed by atoms with Crippen molar-refractivity contribution in [2.24, 2.45) is 11.5 Å². The second kappa shape index (κ2) is 22.5. The van der Waals surface area contributed by atoms with Gasteiger partial charge in [-0.05, 0) is 14.1 Å². The Hall–Kier alpha value is -3.34. The minimum Gasteiger partial charge on any atom is -0.549 e. The zero-order chi connectivity index (χ0) is 26.5. The summed E-state index contributed by atoms with van der Waals surface area (Å²) in [6.07, 6.45) is 6.76. The first kappa shape index (κ1) is 36.2.